The van der Waals surface area contributed by atoms with E-state index in [0.29, 0.717) is 6.07 Å². The van der Waals surface area contributed by atoms with Gasteiger partial charge in [-0.05, 0) is 43.3 Å². The summed E-state index contributed by atoms with van der Waals surface area (Å²) in [5.74, 6) is -1.15. The number of rotatable bonds is 4. The van der Waals surface area contributed by atoms with Gasteiger partial charge >= 0.3 is 12.4 Å². The van der Waals surface area contributed by atoms with E-state index in [0.717, 1.165) is 41.9 Å². The minimum absolute atomic E-state index is 0.0797. The Kier molecular flexibility index (Phi) is 5.60. The molecule has 0 aliphatic heterocycles. The van der Waals surface area contributed by atoms with Gasteiger partial charge in [0.25, 0.3) is 5.91 Å². The van der Waals surface area contributed by atoms with Crippen molar-refractivity contribution < 1.29 is 36.2 Å². The first-order valence-electron chi connectivity index (χ1n) is 8.78. The normalized spacial score (nSPS) is 14.1. The topological polar surface area (TPSA) is 104 Å². The van der Waals surface area contributed by atoms with Crippen LogP contribution < -0.4 is 5.32 Å². The van der Waals surface area contributed by atoms with Gasteiger partial charge in [0, 0.05) is 5.69 Å². The van der Waals surface area contributed by atoms with Gasteiger partial charge in [-0.3, -0.25) is 4.79 Å². The van der Waals surface area contributed by atoms with E-state index in [4.69, 9.17) is 5.26 Å². The van der Waals surface area contributed by atoms with Gasteiger partial charge in [0.05, 0.1) is 34.8 Å². The van der Waals surface area contributed by atoms with Gasteiger partial charge in [-0.15, -0.1) is 5.10 Å². The number of hydrogen-bond acceptors (Lipinski definition) is 5. The van der Waals surface area contributed by atoms with Crippen LogP contribution in [-0.2, 0) is 23.7 Å². The monoisotopic (exact) mass is 457 g/mol. The number of nitrogens with zero attached hydrogens (tertiary/aromatic N) is 4. The van der Waals surface area contributed by atoms with Crippen LogP contribution in [0.3, 0.4) is 0 Å². The van der Waals surface area contributed by atoms with E-state index in [1.807, 2.05) is 0 Å². The van der Waals surface area contributed by atoms with Crippen LogP contribution in [-0.4, -0.2) is 31.6 Å². The SMILES string of the molecule is CC(O)(Cn1nnc2ccc(C(F)(F)F)cc21)C(=O)Nc1ccc(C#N)c(C(F)(F)F)c1. The summed E-state index contributed by atoms with van der Waals surface area (Å²) in [6.45, 7) is 0.372. The van der Waals surface area contributed by atoms with E-state index in [2.05, 4.69) is 15.6 Å². The molecule has 0 aliphatic carbocycles. The maximum atomic E-state index is 13.1. The summed E-state index contributed by atoms with van der Waals surface area (Å²) in [6.07, 6.45) is -9.50. The van der Waals surface area contributed by atoms with Gasteiger partial charge in [-0.1, -0.05) is 5.21 Å². The molecule has 168 valence electrons. The molecule has 3 aromatic rings. The minimum atomic E-state index is -4.86. The molecule has 2 N–H and O–H groups in total. The maximum Gasteiger partial charge on any atom is 0.417 e. The second kappa shape index (κ2) is 7.79. The van der Waals surface area contributed by atoms with Gasteiger partial charge in [-0.25, -0.2) is 4.68 Å². The lowest BCUT2D eigenvalue weighted by Gasteiger charge is -2.23. The van der Waals surface area contributed by atoms with Gasteiger partial charge in [0.1, 0.15) is 5.52 Å². The smallest absolute Gasteiger partial charge is 0.378 e. The van der Waals surface area contributed by atoms with Crippen molar-refractivity contribution in [3.05, 3.63) is 53.1 Å². The average Bonchev–Trinajstić information content (AvgIpc) is 3.08. The fourth-order valence-electron chi connectivity index (χ4n) is 2.84. The third-order valence-corrected chi connectivity index (χ3v) is 4.49. The third-order valence-electron chi connectivity index (χ3n) is 4.49. The summed E-state index contributed by atoms with van der Waals surface area (Å²) in [5.41, 5.74) is -5.58. The number of anilines is 1. The van der Waals surface area contributed by atoms with Gasteiger partial charge in [-0.2, -0.15) is 31.6 Å². The highest BCUT2D eigenvalue weighted by atomic mass is 19.4. The molecule has 1 aromatic heterocycles. The van der Waals surface area contributed by atoms with Crippen molar-refractivity contribution in [1.29, 1.82) is 5.26 Å². The molecule has 0 fully saturated rings. The van der Waals surface area contributed by atoms with Crippen LogP contribution in [0.15, 0.2) is 36.4 Å². The highest BCUT2D eigenvalue weighted by Gasteiger charge is 2.36. The number of aromatic nitrogens is 3. The summed E-state index contributed by atoms with van der Waals surface area (Å²) in [6, 6.07) is 6.46. The Morgan fingerprint density at radius 3 is 2.41 bits per heavy atom. The molecule has 32 heavy (non-hydrogen) atoms. The zero-order chi connectivity index (χ0) is 23.9. The van der Waals surface area contributed by atoms with E-state index < -0.39 is 47.1 Å². The molecule has 1 amide bonds. The number of nitrogens with one attached hydrogen (secondary N) is 1. The van der Waals surface area contributed by atoms with E-state index in [1.165, 1.54) is 6.07 Å². The molecule has 0 spiro atoms. The van der Waals surface area contributed by atoms with E-state index >= 15 is 0 Å². The first kappa shape index (κ1) is 23.0. The van der Waals surface area contributed by atoms with Crippen LogP contribution in [0, 0.1) is 11.3 Å². The number of benzene rings is 2. The molecule has 0 bridgehead atoms. The summed E-state index contributed by atoms with van der Waals surface area (Å²) < 4.78 is 79.1. The third kappa shape index (κ3) is 4.65. The number of halogens is 6. The largest absolute Gasteiger partial charge is 0.417 e. The molecule has 0 radical (unpaired) electrons. The molecule has 0 saturated heterocycles. The summed E-state index contributed by atoms with van der Waals surface area (Å²) >= 11 is 0. The van der Waals surface area contributed by atoms with Crippen molar-refractivity contribution in [2.75, 3.05) is 5.32 Å². The van der Waals surface area contributed by atoms with Gasteiger partial charge in [0.2, 0.25) is 0 Å². The fourth-order valence-corrected chi connectivity index (χ4v) is 2.84. The Labute approximate surface area is 175 Å². The molecule has 1 unspecified atom stereocenters. The lowest BCUT2D eigenvalue weighted by molar-refractivity contribution is -0.138. The molecule has 0 aliphatic rings. The molecule has 3 rings (SSSR count). The zero-order valence-electron chi connectivity index (χ0n) is 16.1. The standard InChI is InChI=1S/C19H13F6N5O2/c1-17(32,9-30-15-6-11(18(20,21)22)3-5-14(15)28-29-30)16(31)27-12-4-2-10(8-26)13(7-12)19(23,24)25/h2-7,32H,9H2,1H3,(H,27,31). The van der Waals surface area contributed by atoms with Gasteiger partial charge < -0.3 is 10.4 Å². The van der Waals surface area contributed by atoms with Crippen molar-refractivity contribution in [1.82, 2.24) is 15.0 Å². The Bertz CT molecular complexity index is 1220. The molecule has 0 saturated carbocycles. The van der Waals surface area contributed by atoms with Crippen LogP contribution in [0.2, 0.25) is 0 Å². The number of carbonyl (C=O) groups is 1. The molecule has 1 atom stereocenters. The fraction of sp³-hybridized carbons (Fsp3) is 0.263. The van der Waals surface area contributed by atoms with E-state index in [-0.39, 0.29) is 16.7 Å². The number of nitriles is 1. The lowest BCUT2D eigenvalue weighted by atomic mass is 10.0. The molecular weight excluding hydrogens is 444 g/mol. The first-order chi connectivity index (χ1) is 14.7. The minimum Gasteiger partial charge on any atom is -0.378 e. The van der Waals surface area contributed by atoms with Crippen LogP contribution in [0.25, 0.3) is 11.0 Å². The van der Waals surface area contributed by atoms with Crippen LogP contribution >= 0.6 is 0 Å². The Morgan fingerprint density at radius 1 is 1.12 bits per heavy atom. The molecular formula is C19H13F6N5O2. The summed E-state index contributed by atoms with van der Waals surface area (Å²) in [4.78, 5) is 12.5. The Morgan fingerprint density at radius 2 is 1.81 bits per heavy atom. The second-order valence-corrected chi connectivity index (χ2v) is 7.05. The van der Waals surface area contributed by atoms with Crippen molar-refractivity contribution in [3.8, 4) is 6.07 Å². The van der Waals surface area contributed by atoms with E-state index in [1.54, 1.807) is 0 Å². The van der Waals surface area contributed by atoms with Crippen molar-refractivity contribution in [2.24, 2.45) is 0 Å². The maximum absolute atomic E-state index is 13.1. The number of amides is 1. The number of alkyl halides is 6. The lowest BCUT2D eigenvalue weighted by Crippen LogP contribution is -2.44. The van der Waals surface area contributed by atoms with Crippen LogP contribution in [0.5, 0.6) is 0 Å². The molecule has 1 heterocycles. The summed E-state index contributed by atoms with van der Waals surface area (Å²) in [7, 11) is 0. The van der Waals surface area contributed by atoms with Crippen molar-refractivity contribution in [3.63, 3.8) is 0 Å². The van der Waals surface area contributed by atoms with Crippen LogP contribution in [0.1, 0.15) is 23.6 Å². The number of aliphatic hydroxyl groups is 1. The predicted molar refractivity (Wildman–Crippen MR) is 97.9 cm³/mol. The summed E-state index contributed by atoms with van der Waals surface area (Å²) in [5, 5.41) is 28.8. The average molecular weight is 457 g/mol. The number of hydrogen-bond donors (Lipinski definition) is 2. The second-order valence-electron chi connectivity index (χ2n) is 7.05. The quantitative estimate of drug-likeness (QED) is 0.581. The van der Waals surface area contributed by atoms with Crippen molar-refractivity contribution >= 4 is 22.6 Å². The molecule has 13 heteroatoms. The molecule has 7 nitrogen and oxygen atoms in total. The first-order valence-corrected chi connectivity index (χ1v) is 8.78. The predicted octanol–water partition coefficient (Wildman–Crippen LogP) is 3.73. The number of fused-ring (bicyclic) bond motifs is 1. The van der Waals surface area contributed by atoms with Crippen LogP contribution in [0.4, 0.5) is 32.0 Å². The Balaban J connectivity index is 1.86. The zero-order valence-corrected chi connectivity index (χ0v) is 16.1. The molecule has 2 aromatic carbocycles. The van der Waals surface area contributed by atoms with Gasteiger partial charge in [0.15, 0.2) is 5.60 Å². The number of carbonyl (C=O) groups excluding carboxylic acids is 1. The highest BCUT2D eigenvalue weighted by molar-refractivity contribution is 5.97. The van der Waals surface area contributed by atoms with Crippen molar-refractivity contribution in [2.45, 2.75) is 31.4 Å². The van der Waals surface area contributed by atoms with E-state index in [9.17, 15) is 36.2 Å². The Hall–Kier alpha value is -3.66. The highest BCUT2D eigenvalue weighted by Crippen LogP contribution is 2.34.